The Kier molecular flexibility index (Phi) is 7.16. The van der Waals surface area contributed by atoms with Crippen LogP contribution in [0.25, 0.3) is 0 Å². The Labute approximate surface area is 181 Å². The summed E-state index contributed by atoms with van der Waals surface area (Å²) in [4.78, 5) is 45.2. The van der Waals surface area contributed by atoms with Gasteiger partial charge >= 0.3 is 5.97 Å². The van der Waals surface area contributed by atoms with E-state index in [4.69, 9.17) is 5.11 Å². The van der Waals surface area contributed by atoms with Crippen LogP contribution in [-0.2, 0) is 9.59 Å². The second-order valence-corrected chi connectivity index (χ2v) is 9.25. The van der Waals surface area contributed by atoms with Gasteiger partial charge in [0.2, 0.25) is 5.91 Å². The molecule has 0 aromatic carbocycles. The number of aliphatic carboxylic acids is 1. The van der Waals surface area contributed by atoms with Crippen molar-refractivity contribution in [2.24, 2.45) is 0 Å². The van der Waals surface area contributed by atoms with Gasteiger partial charge in [-0.3, -0.25) is 24.6 Å². The number of aromatic nitrogens is 1. The fourth-order valence-corrected chi connectivity index (χ4v) is 5.20. The lowest BCUT2D eigenvalue weighted by atomic mass is 10.1. The Morgan fingerprint density at radius 1 is 1.37 bits per heavy atom. The number of likely N-dealkylation sites (N-methyl/N-ethyl adjacent to an activating group) is 1. The fraction of sp³-hybridized carbons (Fsp3) is 0.474. The monoisotopic (exact) mass is 454 g/mol. The number of carboxylic acids is 1. The smallest absolute Gasteiger partial charge is 0.317 e. The lowest BCUT2D eigenvalue weighted by Gasteiger charge is -2.27. The minimum Gasteiger partial charge on any atom is -0.480 e. The molecule has 1 aliphatic rings. The summed E-state index contributed by atoms with van der Waals surface area (Å²) in [6.45, 7) is 4.59. The number of thiophene rings is 1. The van der Waals surface area contributed by atoms with Crippen LogP contribution in [0.1, 0.15) is 45.9 Å². The molecule has 162 valence electrons. The van der Waals surface area contributed by atoms with E-state index in [9.17, 15) is 18.8 Å². The molecule has 0 radical (unpaired) electrons. The molecule has 0 spiro atoms. The van der Waals surface area contributed by atoms with Crippen molar-refractivity contribution in [2.45, 2.75) is 32.7 Å². The minimum absolute atomic E-state index is 0.0482. The Morgan fingerprint density at radius 3 is 2.77 bits per heavy atom. The van der Waals surface area contributed by atoms with Crippen molar-refractivity contribution in [1.29, 1.82) is 0 Å². The molecule has 2 amide bonds. The third-order valence-electron chi connectivity index (χ3n) is 4.95. The predicted octanol–water partition coefficient (Wildman–Crippen LogP) is 2.97. The average molecular weight is 455 g/mol. The number of carboxylic acid groups (broad SMARTS) is 1. The first-order valence-corrected chi connectivity index (χ1v) is 11.2. The lowest BCUT2D eigenvalue weighted by Crippen LogP contribution is -2.41. The van der Waals surface area contributed by atoms with Gasteiger partial charge in [-0.15, -0.1) is 11.3 Å². The van der Waals surface area contributed by atoms with Crippen LogP contribution in [0.3, 0.4) is 0 Å². The number of aryl methyl sites for hydroxylation is 1. The van der Waals surface area contributed by atoms with Crippen molar-refractivity contribution in [1.82, 2.24) is 14.8 Å². The number of hydrogen-bond acceptors (Lipinski definition) is 7. The van der Waals surface area contributed by atoms with Crippen LogP contribution in [0.5, 0.6) is 0 Å². The van der Waals surface area contributed by atoms with Crippen LogP contribution in [0.15, 0.2) is 12.3 Å². The van der Waals surface area contributed by atoms with Gasteiger partial charge in [0.15, 0.2) is 10.3 Å². The van der Waals surface area contributed by atoms with Crippen molar-refractivity contribution >= 4 is 45.6 Å². The van der Waals surface area contributed by atoms with Gasteiger partial charge in [0.1, 0.15) is 0 Å². The van der Waals surface area contributed by atoms with Crippen LogP contribution < -0.4 is 5.32 Å². The molecule has 1 fully saturated rings. The topological polar surface area (TPSA) is 103 Å². The van der Waals surface area contributed by atoms with E-state index in [0.717, 1.165) is 40.1 Å². The summed E-state index contributed by atoms with van der Waals surface area (Å²) in [6, 6.07) is 1.65. The molecule has 0 saturated carbocycles. The summed E-state index contributed by atoms with van der Waals surface area (Å²) in [5.41, 5.74) is 0.478. The molecule has 2 aromatic heterocycles. The van der Waals surface area contributed by atoms with Gasteiger partial charge in [-0.2, -0.15) is 4.39 Å². The first kappa shape index (κ1) is 22.3. The molecule has 3 rings (SSSR count). The van der Waals surface area contributed by atoms with Gasteiger partial charge in [0.25, 0.3) is 5.91 Å². The maximum absolute atomic E-state index is 13.1. The highest BCUT2D eigenvalue weighted by molar-refractivity contribution is 7.14. The number of carbonyl (C=O) groups is 3. The van der Waals surface area contributed by atoms with E-state index in [-0.39, 0.29) is 36.1 Å². The Balaban J connectivity index is 1.71. The zero-order valence-corrected chi connectivity index (χ0v) is 18.3. The largest absolute Gasteiger partial charge is 0.480 e. The van der Waals surface area contributed by atoms with Crippen LogP contribution in [0.2, 0.25) is 0 Å². The van der Waals surface area contributed by atoms with E-state index in [2.05, 4.69) is 10.3 Å². The zero-order chi connectivity index (χ0) is 21.8. The zero-order valence-electron chi connectivity index (χ0n) is 16.7. The molecule has 1 atom stereocenters. The van der Waals surface area contributed by atoms with Crippen molar-refractivity contribution in [2.75, 3.05) is 31.5 Å². The molecular weight excluding hydrogens is 431 g/mol. The molecule has 11 heteroatoms. The lowest BCUT2D eigenvalue weighted by molar-refractivity contribution is -0.139. The molecule has 0 bridgehead atoms. The Hall–Kier alpha value is -2.37. The number of amides is 2. The van der Waals surface area contributed by atoms with E-state index < -0.39 is 11.1 Å². The molecule has 2 aromatic rings. The number of likely N-dealkylation sites (tertiary alicyclic amines) is 1. The molecule has 0 aliphatic carbocycles. The number of carbonyl (C=O) groups excluding carboxylic acids is 2. The van der Waals surface area contributed by atoms with E-state index >= 15 is 0 Å². The van der Waals surface area contributed by atoms with Crippen molar-refractivity contribution in [3.63, 3.8) is 0 Å². The van der Waals surface area contributed by atoms with Crippen LogP contribution >= 0.6 is 22.7 Å². The van der Waals surface area contributed by atoms with Crippen molar-refractivity contribution in [3.05, 3.63) is 32.7 Å². The Bertz CT molecular complexity index is 945. The summed E-state index contributed by atoms with van der Waals surface area (Å²) in [5, 5.41) is 11.3. The molecular formula is C19H23FN4O4S2. The maximum atomic E-state index is 13.1. The van der Waals surface area contributed by atoms with Gasteiger partial charge in [0, 0.05) is 16.3 Å². The van der Waals surface area contributed by atoms with Crippen LogP contribution in [-0.4, -0.2) is 63.9 Å². The van der Waals surface area contributed by atoms with Gasteiger partial charge in [0.05, 0.1) is 30.9 Å². The summed E-state index contributed by atoms with van der Waals surface area (Å²) >= 11 is 2.22. The number of nitrogens with one attached hydrogen (secondary N) is 1. The van der Waals surface area contributed by atoms with Crippen LogP contribution in [0, 0.1) is 12.1 Å². The minimum atomic E-state index is -0.965. The third kappa shape index (κ3) is 5.21. The first-order chi connectivity index (χ1) is 14.3. The standard InChI is InChI=1S/C19H23FN4O4S2/c1-3-23(10-17(26)27)9-16(25)24-6-4-5-13(24)14-7-12(11(2)29-14)18(28)22-19-21-8-15(20)30-19/h7-8,13H,3-6,9-10H2,1-2H3,(H,26,27)(H,21,22,28)/t13-/m0/s1. The molecule has 0 unspecified atom stereocenters. The predicted molar refractivity (Wildman–Crippen MR) is 113 cm³/mol. The van der Waals surface area contributed by atoms with E-state index in [1.807, 2.05) is 13.8 Å². The fourth-order valence-electron chi connectivity index (χ4n) is 3.49. The second kappa shape index (κ2) is 9.63. The van der Waals surface area contributed by atoms with Gasteiger partial charge in [-0.25, -0.2) is 4.98 Å². The summed E-state index contributed by atoms with van der Waals surface area (Å²) in [7, 11) is 0. The molecule has 8 nitrogen and oxygen atoms in total. The average Bonchev–Trinajstić information content (AvgIpc) is 3.40. The number of rotatable bonds is 8. The molecule has 3 heterocycles. The summed E-state index contributed by atoms with van der Waals surface area (Å²) < 4.78 is 13.1. The van der Waals surface area contributed by atoms with E-state index in [1.54, 1.807) is 15.9 Å². The van der Waals surface area contributed by atoms with Gasteiger partial charge < -0.3 is 10.0 Å². The summed E-state index contributed by atoms with van der Waals surface area (Å²) in [6.07, 6.45) is 2.69. The highest BCUT2D eigenvalue weighted by atomic mass is 32.1. The number of halogens is 1. The van der Waals surface area contributed by atoms with Gasteiger partial charge in [-0.05, 0) is 32.4 Å². The Morgan fingerprint density at radius 2 is 2.13 bits per heavy atom. The quantitative estimate of drug-likeness (QED) is 0.636. The molecule has 2 N–H and O–H groups in total. The highest BCUT2D eigenvalue weighted by Crippen LogP contribution is 2.37. The first-order valence-electron chi connectivity index (χ1n) is 9.55. The molecule has 1 aliphatic heterocycles. The SMILES string of the molecule is CCN(CC(=O)O)CC(=O)N1CCC[C@H]1c1cc(C(=O)Nc2ncc(F)s2)c(C)s1. The van der Waals surface area contributed by atoms with E-state index in [0.29, 0.717) is 18.7 Å². The normalized spacial score (nSPS) is 16.3. The number of anilines is 1. The molecule has 30 heavy (non-hydrogen) atoms. The van der Waals surface area contributed by atoms with Gasteiger partial charge in [-0.1, -0.05) is 18.3 Å². The molecule has 1 saturated heterocycles. The number of hydrogen-bond donors (Lipinski definition) is 2. The van der Waals surface area contributed by atoms with Crippen molar-refractivity contribution < 1.29 is 23.9 Å². The number of nitrogens with zero attached hydrogens (tertiary/aromatic N) is 3. The third-order valence-corrected chi connectivity index (χ3v) is 6.80. The van der Waals surface area contributed by atoms with E-state index in [1.165, 1.54) is 11.3 Å². The second-order valence-electron chi connectivity index (χ2n) is 6.98. The van der Waals surface area contributed by atoms with Crippen LogP contribution in [0.4, 0.5) is 9.52 Å². The number of thiazole rings is 1. The maximum Gasteiger partial charge on any atom is 0.317 e. The summed E-state index contributed by atoms with van der Waals surface area (Å²) in [5.74, 6) is -1.44. The highest BCUT2D eigenvalue weighted by Gasteiger charge is 2.32. The van der Waals surface area contributed by atoms with Crippen molar-refractivity contribution in [3.8, 4) is 0 Å².